The van der Waals surface area contributed by atoms with Gasteiger partial charge in [0, 0.05) is 11.6 Å². The van der Waals surface area contributed by atoms with Crippen molar-refractivity contribution >= 4 is 11.7 Å². The summed E-state index contributed by atoms with van der Waals surface area (Å²) in [5.74, 6) is 2.28. The quantitative estimate of drug-likeness (QED) is 0.648. The predicted molar refractivity (Wildman–Crippen MR) is 106 cm³/mol. The molecule has 0 spiro atoms. The van der Waals surface area contributed by atoms with Crippen molar-refractivity contribution in [3.63, 3.8) is 0 Å². The number of nitrogens with one attached hydrogen (secondary N) is 1. The molecule has 7 heteroatoms. The Labute approximate surface area is 163 Å². The van der Waals surface area contributed by atoms with Crippen LogP contribution in [0.25, 0.3) is 0 Å². The van der Waals surface area contributed by atoms with Crippen LogP contribution in [0.15, 0.2) is 54.7 Å². The standard InChI is InChI=1S/C21H23N3O4/c1-15-7-4-5-9-17(15)28-14-20(25)23-19-11-12-22-24(19)13-16-8-6-10-18(26-2)21(16)27-3/h4-12H,13-14H2,1-3H3,(H,23,25). The SMILES string of the molecule is COc1cccc(Cn2nccc2NC(=O)COc2ccccc2C)c1OC. The van der Waals surface area contributed by atoms with E-state index < -0.39 is 0 Å². The fraction of sp³-hybridized carbons (Fsp3) is 0.238. The maximum atomic E-state index is 12.3. The van der Waals surface area contributed by atoms with Crippen molar-refractivity contribution in [1.82, 2.24) is 9.78 Å². The van der Waals surface area contributed by atoms with Gasteiger partial charge in [-0.1, -0.05) is 30.3 Å². The van der Waals surface area contributed by atoms with E-state index in [0.717, 1.165) is 11.1 Å². The summed E-state index contributed by atoms with van der Waals surface area (Å²) < 4.78 is 18.1. The van der Waals surface area contributed by atoms with Crippen molar-refractivity contribution in [3.05, 3.63) is 65.9 Å². The van der Waals surface area contributed by atoms with E-state index in [1.165, 1.54) is 0 Å². The number of aryl methyl sites for hydroxylation is 1. The summed E-state index contributed by atoms with van der Waals surface area (Å²) in [4.78, 5) is 12.3. The summed E-state index contributed by atoms with van der Waals surface area (Å²) >= 11 is 0. The molecule has 7 nitrogen and oxygen atoms in total. The van der Waals surface area contributed by atoms with Crippen LogP contribution in [-0.4, -0.2) is 36.5 Å². The minimum atomic E-state index is -0.261. The average molecular weight is 381 g/mol. The van der Waals surface area contributed by atoms with Crippen LogP contribution in [0.5, 0.6) is 17.2 Å². The molecule has 2 aromatic carbocycles. The van der Waals surface area contributed by atoms with Crippen molar-refractivity contribution < 1.29 is 19.0 Å². The van der Waals surface area contributed by atoms with Crippen LogP contribution in [0.2, 0.25) is 0 Å². The number of para-hydroxylation sites is 2. The highest BCUT2D eigenvalue weighted by atomic mass is 16.5. The van der Waals surface area contributed by atoms with E-state index in [2.05, 4.69) is 10.4 Å². The van der Waals surface area contributed by atoms with Gasteiger partial charge in [0.25, 0.3) is 5.91 Å². The zero-order chi connectivity index (χ0) is 19.9. The number of hydrogen-bond acceptors (Lipinski definition) is 5. The average Bonchev–Trinajstić information content (AvgIpc) is 3.13. The zero-order valence-corrected chi connectivity index (χ0v) is 16.1. The molecule has 3 rings (SSSR count). The van der Waals surface area contributed by atoms with E-state index in [-0.39, 0.29) is 12.5 Å². The number of aromatic nitrogens is 2. The number of carbonyl (C=O) groups is 1. The van der Waals surface area contributed by atoms with Crippen LogP contribution in [0, 0.1) is 6.92 Å². The molecule has 0 bridgehead atoms. The molecule has 1 N–H and O–H groups in total. The molecule has 28 heavy (non-hydrogen) atoms. The maximum Gasteiger partial charge on any atom is 0.263 e. The molecule has 1 heterocycles. The van der Waals surface area contributed by atoms with Gasteiger partial charge in [0.1, 0.15) is 11.6 Å². The molecule has 0 radical (unpaired) electrons. The molecule has 3 aromatic rings. The molecule has 0 unspecified atom stereocenters. The van der Waals surface area contributed by atoms with Gasteiger partial charge in [-0.2, -0.15) is 5.10 Å². The second kappa shape index (κ2) is 8.94. The Bertz CT molecular complexity index is 952. The molecule has 0 saturated carbocycles. The van der Waals surface area contributed by atoms with Crippen molar-refractivity contribution in [3.8, 4) is 17.2 Å². The molecule has 146 valence electrons. The smallest absolute Gasteiger partial charge is 0.263 e. The number of carbonyl (C=O) groups excluding carboxylic acids is 1. The van der Waals surface area contributed by atoms with Gasteiger partial charge in [-0.15, -0.1) is 0 Å². The molecule has 1 aromatic heterocycles. The summed E-state index contributed by atoms with van der Waals surface area (Å²) in [7, 11) is 3.19. The van der Waals surface area contributed by atoms with Gasteiger partial charge in [-0.3, -0.25) is 4.79 Å². The molecule has 0 aliphatic heterocycles. The van der Waals surface area contributed by atoms with Crippen LogP contribution < -0.4 is 19.5 Å². The highest BCUT2D eigenvalue weighted by molar-refractivity contribution is 5.91. The normalized spacial score (nSPS) is 10.4. The van der Waals surface area contributed by atoms with Crippen molar-refractivity contribution in [2.24, 2.45) is 0 Å². The van der Waals surface area contributed by atoms with E-state index in [1.54, 1.807) is 31.2 Å². The minimum Gasteiger partial charge on any atom is -0.493 e. The Morgan fingerprint density at radius 2 is 1.82 bits per heavy atom. The van der Waals surface area contributed by atoms with Crippen LogP contribution in [0.4, 0.5) is 5.82 Å². The number of rotatable bonds is 8. The summed E-state index contributed by atoms with van der Waals surface area (Å²) in [6, 6.07) is 14.9. The number of nitrogens with zero attached hydrogens (tertiary/aromatic N) is 2. The van der Waals surface area contributed by atoms with Crippen molar-refractivity contribution in [1.29, 1.82) is 0 Å². The molecular formula is C21H23N3O4. The maximum absolute atomic E-state index is 12.3. The fourth-order valence-corrected chi connectivity index (χ4v) is 2.85. The topological polar surface area (TPSA) is 74.6 Å². The number of amides is 1. The van der Waals surface area contributed by atoms with E-state index >= 15 is 0 Å². The number of ether oxygens (including phenoxy) is 3. The Kier molecular flexibility index (Phi) is 6.16. The first-order valence-corrected chi connectivity index (χ1v) is 8.82. The van der Waals surface area contributed by atoms with Gasteiger partial charge in [0.15, 0.2) is 18.1 Å². The van der Waals surface area contributed by atoms with Crippen LogP contribution >= 0.6 is 0 Å². The Morgan fingerprint density at radius 1 is 1.04 bits per heavy atom. The zero-order valence-electron chi connectivity index (χ0n) is 16.1. The highest BCUT2D eigenvalue weighted by Gasteiger charge is 2.13. The summed E-state index contributed by atoms with van der Waals surface area (Å²) in [5.41, 5.74) is 1.86. The lowest BCUT2D eigenvalue weighted by molar-refractivity contribution is -0.118. The lowest BCUT2D eigenvalue weighted by Crippen LogP contribution is -2.22. The lowest BCUT2D eigenvalue weighted by atomic mass is 10.2. The van der Waals surface area contributed by atoms with Gasteiger partial charge in [-0.05, 0) is 24.6 Å². The second-order valence-electron chi connectivity index (χ2n) is 6.13. The monoisotopic (exact) mass is 381 g/mol. The first kappa shape index (κ1) is 19.3. The fourth-order valence-electron chi connectivity index (χ4n) is 2.85. The van der Waals surface area contributed by atoms with Crippen LogP contribution in [-0.2, 0) is 11.3 Å². The summed E-state index contributed by atoms with van der Waals surface area (Å²) in [6.07, 6.45) is 1.63. The molecule has 0 saturated heterocycles. The first-order valence-electron chi connectivity index (χ1n) is 8.82. The first-order chi connectivity index (χ1) is 13.6. The minimum absolute atomic E-state index is 0.0848. The van der Waals surface area contributed by atoms with Crippen molar-refractivity contribution in [2.45, 2.75) is 13.5 Å². The molecule has 0 atom stereocenters. The predicted octanol–water partition coefficient (Wildman–Crippen LogP) is 3.27. The lowest BCUT2D eigenvalue weighted by Gasteiger charge is -2.14. The Morgan fingerprint density at radius 3 is 2.57 bits per heavy atom. The van der Waals surface area contributed by atoms with E-state index in [1.807, 2.05) is 49.4 Å². The number of hydrogen-bond donors (Lipinski definition) is 1. The van der Waals surface area contributed by atoms with E-state index in [4.69, 9.17) is 14.2 Å². The van der Waals surface area contributed by atoms with E-state index in [9.17, 15) is 4.79 Å². The van der Waals surface area contributed by atoms with Crippen molar-refractivity contribution in [2.75, 3.05) is 26.1 Å². The third-order valence-corrected chi connectivity index (χ3v) is 4.24. The summed E-state index contributed by atoms with van der Waals surface area (Å²) in [6.45, 7) is 2.27. The third-order valence-electron chi connectivity index (χ3n) is 4.24. The molecule has 0 fully saturated rings. The molecule has 1 amide bonds. The number of benzene rings is 2. The Hall–Kier alpha value is -3.48. The molecule has 0 aliphatic rings. The van der Waals surface area contributed by atoms with Crippen LogP contribution in [0.1, 0.15) is 11.1 Å². The van der Waals surface area contributed by atoms with Gasteiger partial charge in [-0.25, -0.2) is 4.68 Å². The highest BCUT2D eigenvalue weighted by Crippen LogP contribution is 2.31. The van der Waals surface area contributed by atoms with Gasteiger partial charge >= 0.3 is 0 Å². The Balaban J connectivity index is 1.67. The molecular weight excluding hydrogens is 358 g/mol. The second-order valence-corrected chi connectivity index (χ2v) is 6.13. The molecule has 0 aliphatic carbocycles. The summed E-state index contributed by atoms with van der Waals surface area (Å²) in [5, 5.41) is 7.12. The number of anilines is 1. The van der Waals surface area contributed by atoms with Gasteiger partial charge < -0.3 is 19.5 Å². The van der Waals surface area contributed by atoms with Gasteiger partial charge in [0.05, 0.1) is 27.0 Å². The third kappa shape index (κ3) is 4.43. The largest absolute Gasteiger partial charge is 0.493 e. The van der Waals surface area contributed by atoms with E-state index in [0.29, 0.717) is 29.6 Å². The van der Waals surface area contributed by atoms with Crippen LogP contribution in [0.3, 0.4) is 0 Å². The number of methoxy groups -OCH3 is 2. The van der Waals surface area contributed by atoms with Gasteiger partial charge in [0.2, 0.25) is 0 Å².